The number of urea groups is 1. The number of aromatic nitrogens is 2. The molecular formula is C12H17N7O6S. The summed E-state index contributed by atoms with van der Waals surface area (Å²) in [7, 11) is -5.03. The van der Waals surface area contributed by atoms with Crippen LogP contribution in [-0.2, 0) is 14.7 Å². The van der Waals surface area contributed by atoms with E-state index in [1.54, 1.807) is 4.90 Å². The molecule has 0 aromatic carbocycles. The Hall–Kier alpha value is -2.45. The molecule has 2 bridgehead atoms. The highest BCUT2D eigenvalue weighted by molar-refractivity contribution is 7.80. The Balaban J connectivity index is 0.00000210. The maximum atomic E-state index is 12.4. The van der Waals surface area contributed by atoms with E-state index in [9.17, 15) is 17.8 Å². The molecule has 0 spiro atoms. The molecule has 1 aromatic rings. The van der Waals surface area contributed by atoms with Crippen molar-refractivity contribution in [2.45, 2.75) is 30.8 Å². The third-order valence-corrected chi connectivity index (χ3v) is 5.15. The third kappa shape index (κ3) is 2.85. The fourth-order valence-corrected chi connectivity index (χ4v) is 3.84. The van der Waals surface area contributed by atoms with Gasteiger partial charge in [0.15, 0.2) is 5.96 Å². The smallest absolute Gasteiger partial charge is 0.724 e. The van der Waals surface area contributed by atoms with E-state index in [-0.39, 0.29) is 25.7 Å². The lowest BCUT2D eigenvalue weighted by Crippen LogP contribution is -2.51. The van der Waals surface area contributed by atoms with E-state index < -0.39 is 28.5 Å². The number of piperidine rings is 1. The maximum absolute atomic E-state index is 12.4. The molecule has 3 N–H and O–H groups in total. The predicted octanol–water partition coefficient (Wildman–Crippen LogP) is -1.19. The van der Waals surface area contributed by atoms with Crippen molar-refractivity contribution in [1.82, 2.24) is 25.1 Å². The standard InChI is InChI=1S/C12H17N7O6S/c13-11(14)17-3-6(4-17)9-15-16-10(24-9)8-2-1-7-5-18(8)12(20)19(7)25-26(21,22)23/h6-8H,1-5H2,(H3,13,14)(H,21,22,23)/t7-,8+/m1/s1. The first-order chi connectivity index (χ1) is 12.2. The van der Waals surface area contributed by atoms with Crippen LogP contribution in [0.25, 0.3) is 0 Å². The van der Waals surface area contributed by atoms with Crippen molar-refractivity contribution >= 4 is 22.4 Å². The van der Waals surface area contributed by atoms with Crippen LogP contribution >= 0.6 is 0 Å². The Labute approximate surface area is 149 Å². The van der Waals surface area contributed by atoms with Crippen LogP contribution in [-0.4, -0.2) is 75.7 Å². The Morgan fingerprint density at radius 1 is 1.31 bits per heavy atom. The maximum Gasteiger partial charge on any atom is 1.00 e. The summed E-state index contributed by atoms with van der Waals surface area (Å²) < 4.78 is 42.4. The second kappa shape index (κ2) is 5.78. The normalized spacial score (nSPS) is 26.3. The van der Waals surface area contributed by atoms with Gasteiger partial charge in [0.1, 0.15) is 6.04 Å². The summed E-state index contributed by atoms with van der Waals surface area (Å²) >= 11 is 0. The molecule has 3 aliphatic rings. The number of fused-ring (bicyclic) bond motifs is 2. The van der Waals surface area contributed by atoms with Gasteiger partial charge in [0.25, 0.3) is 0 Å². The van der Waals surface area contributed by atoms with Crippen molar-refractivity contribution < 1.29 is 27.9 Å². The Morgan fingerprint density at radius 2 is 2.00 bits per heavy atom. The minimum atomic E-state index is -5.03. The van der Waals surface area contributed by atoms with Crippen molar-refractivity contribution in [1.29, 1.82) is 5.41 Å². The minimum Gasteiger partial charge on any atom is -0.724 e. The summed E-state index contributed by atoms with van der Waals surface area (Å²) in [6.07, 6.45) is 0.905. The van der Waals surface area contributed by atoms with Crippen LogP contribution in [0.4, 0.5) is 4.79 Å². The van der Waals surface area contributed by atoms with Gasteiger partial charge in [-0.3, -0.25) is 5.41 Å². The monoisotopic (exact) mass is 387 g/mol. The summed E-state index contributed by atoms with van der Waals surface area (Å²) in [6.45, 7) is 1.23. The number of hydrogen-bond acceptors (Lipinski definition) is 9. The van der Waals surface area contributed by atoms with E-state index in [0.29, 0.717) is 36.9 Å². The van der Waals surface area contributed by atoms with E-state index in [1.165, 1.54) is 4.90 Å². The second-order valence-corrected chi connectivity index (χ2v) is 7.42. The highest BCUT2D eigenvalue weighted by Gasteiger charge is 2.48. The van der Waals surface area contributed by atoms with Gasteiger partial charge in [-0.25, -0.2) is 13.2 Å². The van der Waals surface area contributed by atoms with Gasteiger partial charge < -0.3 is 24.5 Å². The van der Waals surface area contributed by atoms with Gasteiger partial charge >= 0.3 is 7.46 Å². The fraction of sp³-hybridized carbons (Fsp3) is 0.667. The molecule has 0 radical (unpaired) electrons. The van der Waals surface area contributed by atoms with Crippen molar-refractivity contribution in [3.63, 3.8) is 0 Å². The number of rotatable bonds is 4. The van der Waals surface area contributed by atoms with Gasteiger partial charge in [-0.15, -0.1) is 10.2 Å². The number of carbonyl (C=O) groups is 1. The molecule has 3 aliphatic heterocycles. The summed E-state index contributed by atoms with van der Waals surface area (Å²) in [5, 5.41) is 16.0. The lowest BCUT2D eigenvalue weighted by Gasteiger charge is -2.37. The zero-order valence-electron chi connectivity index (χ0n) is 14.4. The van der Waals surface area contributed by atoms with Gasteiger partial charge in [-0.2, -0.15) is 9.35 Å². The van der Waals surface area contributed by atoms with Crippen molar-refractivity contribution in [3.8, 4) is 0 Å². The van der Waals surface area contributed by atoms with Gasteiger partial charge in [-0.05, 0) is 12.8 Å². The van der Waals surface area contributed by atoms with E-state index in [2.05, 4.69) is 14.5 Å². The van der Waals surface area contributed by atoms with Crippen LogP contribution < -0.4 is 5.73 Å². The van der Waals surface area contributed by atoms with Gasteiger partial charge in [-0.1, -0.05) is 0 Å². The number of amides is 2. The van der Waals surface area contributed by atoms with E-state index in [1.807, 2.05) is 0 Å². The Morgan fingerprint density at radius 3 is 2.65 bits per heavy atom. The number of nitrogens with two attached hydrogens (primary N) is 1. The second-order valence-electron chi connectivity index (χ2n) is 6.46. The average molecular weight is 387 g/mol. The molecule has 14 heteroatoms. The van der Waals surface area contributed by atoms with Crippen LogP contribution in [0.1, 0.15) is 38.0 Å². The number of hydroxylamine groups is 2. The zero-order valence-corrected chi connectivity index (χ0v) is 14.3. The fourth-order valence-electron chi connectivity index (χ4n) is 3.46. The first kappa shape index (κ1) is 17.0. The molecule has 2 atom stereocenters. The molecular weight excluding hydrogens is 370 g/mol. The Kier molecular flexibility index (Phi) is 3.78. The number of carbonyl (C=O) groups excluding carboxylic acids is 1. The number of guanidine groups is 1. The summed E-state index contributed by atoms with van der Waals surface area (Å²) in [5.41, 5.74) is 5.39. The minimum absolute atomic E-state index is 0. The quantitative estimate of drug-likeness (QED) is 0.276. The lowest BCUT2D eigenvalue weighted by atomic mass is 10.0. The molecule has 13 nitrogen and oxygen atoms in total. The highest BCUT2D eigenvalue weighted by Crippen LogP contribution is 2.39. The molecule has 0 saturated carbocycles. The molecule has 0 aliphatic carbocycles. The first-order valence-electron chi connectivity index (χ1n) is 7.90. The van der Waals surface area contributed by atoms with Crippen molar-refractivity contribution in [3.05, 3.63) is 11.8 Å². The molecule has 26 heavy (non-hydrogen) atoms. The first-order valence-corrected chi connectivity index (χ1v) is 9.24. The topological polar surface area (TPSA) is 182 Å². The molecule has 3 saturated heterocycles. The molecule has 142 valence electrons. The summed E-state index contributed by atoms with van der Waals surface area (Å²) in [5.74, 6) is 0.605. The molecule has 4 rings (SSSR count). The largest absolute Gasteiger partial charge is 1.00 e. The third-order valence-electron chi connectivity index (χ3n) is 4.81. The number of nitrogens with zero attached hydrogens (tertiary/aromatic N) is 5. The van der Waals surface area contributed by atoms with Crippen molar-refractivity contribution in [2.24, 2.45) is 5.73 Å². The predicted molar refractivity (Wildman–Crippen MR) is 82.1 cm³/mol. The van der Waals surface area contributed by atoms with Gasteiger partial charge in [0.05, 0.1) is 12.0 Å². The number of hydrogen-bond donors (Lipinski definition) is 2. The molecule has 0 unspecified atom stereocenters. The zero-order chi connectivity index (χ0) is 18.6. The molecule has 3 fully saturated rings. The van der Waals surface area contributed by atoms with Crippen LogP contribution in [0.5, 0.6) is 0 Å². The highest BCUT2D eigenvalue weighted by atomic mass is 32.3. The van der Waals surface area contributed by atoms with Crippen molar-refractivity contribution in [2.75, 3.05) is 19.6 Å². The van der Waals surface area contributed by atoms with Crippen LogP contribution in [0, 0.1) is 5.41 Å². The number of likely N-dealkylation sites (tertiary alicyclic amines) is 1. The van der Waals surface area contributed by atoms with E-state index >= 15 is 0 Å². The molecule has 2 amide bonds. The van der Waals surface area contributed by atoms with Gasteiger partial charge in [0.2, 0.25) is 22.2 Å². The lowest BCUT2D eigenvalue weighted by molar-refractivity contribution is -0.0328. The summed E-state index contributed by atoms with van der Waals surface area (Å²) in [4.78, 5) is 15.4. The number of nitrogens with one attached hydrogen (secondary N) is 1. The van der Waals surface area contributed by atoms with Crippen LogP contribution in [0.3, 0.4) is 0 Å². The average Bonchev–Trinajstić information content (AvgIpc) is 3.05. The van der Waals surface area contributed by atoms with Crippen LogP contribution in [0.2, 0.25) is 0 Å². The van der Waals surface area contributed by atoms with Crippen LogP contribution in [0.15, 0.2) is 4.42 Å². The van der Waals surface area contributed by atoms with E-state index in [0.717, 1.165) is 0 Å². The summed E-state index contributed by atoms with van der Waals surface area (Å²) in [6, 6.07) is -1.74. The SMILES string of the molecule is N=C(N)N1CC(c2nnc([C@@H]3CC[C@@H]4CN3C(=O)N4OS(=O)(=O)[O-])o2)C1.[H+]. The Bertz CT molecular complexity index is 856. The molecule has 4 heterocycles. The van der Waals surface area contributed by atoms with E-state index in [4.69, 9.17) is 15.6 Å². The molecule has 1 aromatic heterocycles. The van der Waals surface area contributed by atoms with Gasteiger partial charge in [0, 0.05) is 19.6 Å².